The Morgan fingerprint density at radius 1 is 1.16 bits per heavy atom. The molecule has 1 aromatic heterocycles. The molecular weight excluding hydrogens is 362 g/mol. The van der Waals surface area contributed by atoms with Crippen molar-refractivity contribution in [2.45, 2.75) is 24.1 Å². The molecule has 136 valence electrons. The van der Waals surface area contributed by atoms with Crippen LogP contribution in [0.3, 0.4) is 0 Å². The van der Waals surface area contributed by atoms with E-state index in [1.165, 1.54) is 32.7 Å². The largest absolute Gasteiger partial charge is 0.493 e. The molecular formula is C16H21N3O4S2. The summed E-state index contributed by atoms with van der Waals surface area (Å²) in [7, 11) is 4.52. The molecule has 9 heteroatoms. The van der Waals surface area contributed by atoms with Crippen molar-refractivity contribution in [2.24, 2.45) is 0 Å². The van der Waals surface area contributed by atoms with Crippen LogP contribution in [0.1, 0.15) is 30.1 Å². The summed E-state index contributed by atoms with van der Waals surface area (Å²) in [5, 5.41) is 11.3. The first kappa shape index (κ1) is 19.3. The van der Waals surface area contributed by atoms with E-state index in [1.54, 1.807) is 23.9 Å². The molecule has 7 nitrogen and oxygen atoms in total. The van der Waals surface area contributed by atoms with Crippen LogP contribution in [0.15, 0.2) is 16.5 Å². The fourth-order valence-corrected chi connectivity index (χ4v) is 3.91. The van der Waals surface area contributed by atoms with Gasteiger partial charge in [-0.3, -0.25) is 10.1 Å². The average molecular weight is 383 g/mol. The van der Waals surface area contributed by atoms with Crippen molar-refractivity contribution in [3.05, 3.63) is 17.7 Å². The first-order valence-electron chi connectivity index (χ1n) is 7.70. The van der Waals surface area contributed by atoms with Crippen molar-refractivity contribution < 1.29 is 19.0 Å². The summed E-state index contributed by atoms with van der Waals surface area (Å²) < 4.78 is 16.6. The van der Waals surface area contributed by atoms with Crippen LogP contribution < -0.4 is 19.5 Å². The molecule has 25 heavy (non-hydrogen) atoms. The number of ether oxygens (including phenoxy) is 3. The fourth-order valence-electron chi connectivity index (χ4n) is 2.00. The summed E-state index contributed by atoms with van der Waals surface area (Å²) in [4.78, 5) is 12.5. The van der Waals surface area contributed by atoms with Crippen LogP contribution in [0, 0.1) is 0 Å². The third kappa shape index (κ3) is 4.99. The number of carbonyl (C=O) groups excluding carboxylic acids is 1. The van der Waals surface area contributed by atoms with Gasteiger partial charge in [-0.15, -0.1) is 10.2 Å². The molecule has 0 aliphatic heterocycles. The molecule has 0 spiro atoms. The van der Waals surface area contributed by atoms with E-state index < -0.39 is 0 Å². The van der Waals surface area contributed by atoms with Gasteiger partial charge in [0.1, 0.15) is 0 Å². The quantitative estimate of drug-likeness (QED) is 0.401. The molecule has 2 aromatic rings. The molecule has 1 aromatic carbocycles. The minimum absolute atomic E-state index is 0.319. The average Bonchev–Trinajstić information content (AvgIpc) is 3.07. The van der Waals surface area contributed by atoms with E-state index in [1.807, 2.05) is 0 Å². The molecule has 0 aliphatic carbocycles. The smallest absolute Gasteiger partial charge is 0.257 e. The number of methoxy groups -OCH3 is 3. The number of nitrogens with zero attached hydrogens (tertiary/aromatic N) is 2. The van der Waals surface area contributed by atoms with Gasteiger partial charge in [0.15, 0.2) is 15.8 Å². The summed E-state index contributed by atoms with van der Waals surface area (Å²) in [5.41, 5.74) is 0.380. The Morgan fingerprint density at radius 2 is 1.84 bits per heavy atom. The maximum absolute atomic E-state index is 12.5. The topological polar surface area (TPSA) is 82.6 Å². The molecule has 0 aliphatic rings. The van der Waals surface area contributed by atoms with Gasteiger partial charge in [-0.05, 0) is 18.6 Å². The van der Waals surface area contributed by atoms with Crippen LogP contribution in [-0.2, 0) is 0 Å². The standard InChI is InChI=1S/C16H21N3O4S2/c1-5-6-7-24-16-19-18-15(25-16)17-14(20)10-8-11(21-2)13(23-4)12(9-10)22-3/h8-9H,5-7H2,1-4H3,(H,17,18,20). The number of hydrogen-bond donors (Lipinski definition) is 1. The van der Waals surface area contributed by atoms with E-state index in [0.717, 1.165) is 22.9 Å². The summed E-state index contributed by atoms with van der Waals surface area (Å²) in [6.45, 7) is 2.14. The Kier molecular flexibility index (Phi) is 7.32. The SMILES string of the molecule is CCCCSc1nnc(NC(=O)c2cc(OC)c(OC)c(OC)c2)s1. The fraction of sp³-hybridized carbons (Fsp3) is 0.438. The highest BCUT2D eigenvalue weighted by Crippen LogP contribution is 2.38. The van der Waals surface area contributed by atoms with Crippen molar-refractivity contribution in [1.29, 1.82) is 0 Å². The van der Waals surface area contributed by atoms with E-state index in [4.69, 9.17) is 14.2 Å². The predicted octanol–water partition coefficient (Wildman–Crippen LogP) is 3.71. The van der Waals surface area contributed by atoms with Crippen LogP contribution in [0.4, 0.5) is 5.13 Å². The van der Waals surface area contributed by atoms with Crippen LogP contribution >= 0.6 is 23.1 Å². The molecule has 0 unspecified atom stereocenters. The van der Waals surface area contributed by atoms with Gasteiger partial charge in [-0.1, -0.05) is 36.4 Å². The molecule has 1 N–H and O–H groups in total. The Labute approximate surface area is 155 Å². The van der Waals surface area contributed by atoms with Crippen molar-refractivity contribution in [3.63, 3.8) is 0 Å². The highest BCUT2D eigenvalue weighted by Gasteiger charge is 2.18. The van der Waals surface area contributed by atoms with Gasteiger partial charge in [0.25, 0.3) is 5.91 Å². The molecule has 0 saturated heterocycles. The zero-order chi connectivity index (χ0) is 18.2. The van der Waals surface area contributed by atoms with E-state index in [0.29, 0.717) is 27.9 Å². The first-order chi connectivity index (χ1) is 12.1. The molecule has 0 saturated carbocycles. The third-order valence-corrected chi connectivity index (χ3v) is 5.34. The van der Waals surface area contributed by atoms with E-state index in [2.05, 4.69) is 22.4 Å². The summed E-state index contributed by atoms with van der Waals surface area (Å²) in [6.07, 6.45) is 2.26. The monoisotopic (exact) mass is 383 g/mol. The van der Waals surface area contributed by atoms with Gasteiger partial charge in [0.05, 0.1) is 21.3 Å². The van der Waals surface area contributed by atoms with Crippen molar-refractivity contribution in [3.8, 4) is 17.2 Å². The minimum atomic E-state index is -0.319. The van der Waals surface area contributed by atoms with Crippen LogP contribution in [0.25, 0.3) is 0 Å². The summed E-state index contributed by atoms with van der Waals surface area (Å²) in [5.74, 6) is 1.94. The number of nitrogens with one attached hydrogen (secondary N) is 1. The van der Waals surface area contributed by atoms with Crippen molar-refractivity contribution in [2.75, 3.05) is 32.4 Å². The normalized spacial score (nSPS) is 10.4. The predicted molar refractivity (Wildman–Crippen MR) is 99.6 cm³/mol. The Morgan fingerprint density at radius 3 is 2.40 bits per heavy atom. The van der Waals surface area contributed by atoms with Crippen LogP contribution in [-0.4, -0.2) is 43.2 Å². The molecule has 0 fully saturated rings. The number of hydrogen-bond acceptors (Lipinski definition) is 8. The van der Waals surface area contributed by atoms with Gasteiger partial charge in [0.2, 0.25) is 10.9 Å². The first-order valence-corrected chi connectivity index (χ1v) is 9.50. The number of thioether (sulfide) groups is 1. The number of carbonyl (C=O) groups is 1. The van der Waals surface area contributed by atoms with Gasteiger partial charge >= 0.3 is 0 Å². The number of amides is 1. The maximum atomic E-state index is 12.5. The molecule has 1 amide bonds. The lowest BCUT2D eigenvalue weighted by Crippen LogP contribution is -2.12. The minimum Gasteiger partial charge on any atom is -0.493 e. The van der Waals surface area contributed by atoms with E-state index >= 15 is 0 Å². The summed E-state index contributed by atoms with van der Waals surface area (Å²) >= 11 is 3.00. The van der Waals surface area contributed by atoms with Crippen molar-refractivity contribution >= 4 is 34.1 Å². The molecule has 1 heterocycles. The highest BCUT2D eigenvalue weighted by molar-refractivity contribution is 8.01. The number of aromatic nitrogens is 2. The number of rotatable bonds is 9. The highest BCUT2D eigenvalue weighted by atomic mass is 32.2. The lowest BCUT2D eigenvalue weighted by atomic mass is 10.1. The second-order valence-electron chi connectivity index (χ2n) is 4.94. The molecule has 0 bridgehead atoms. The second kappa shape index (κ2) is 9.47. The maximum Gasteiger partial charge on any atom is 0.257 e. The van der Waals surface area contributed by atoms with Gasteiger partial charge < -0.3 is 14.2 Å². The number of benzene rings is 1. The second-order valence-corrected chi connectivity index (χ2v) is 7.26. The van der Waals surface area contributed by atoms with Gasteiger partial charge in [0, 0.05) is 11.3 Å². The lowest BCUT2D eigenvalue weighted by molar-refractivity contribution is 0.102. The number of unbranched alkanes of at least 4 members (excludes halogenated alkanes) is 1. The Balaban J connectivity index is 2.13. The number of anilines is 1. The molecule has 0 radical (unpaired) electrons. The van der Waals surface area contributed by atoms with Crippen LogP contribution in [0.5, 0.6) is 17.2 Å². The summed E-state index contributed by atoms with van der Waals surface area (Å²) in [6, 6.07) is 3.18. The Hall–Kier alpha value is -2.00. The van der Waals surface area contributed by atoms with Gasteiger partial charge in [-0.2, -0.15) is 0 Å². The van der Waals surface area contributed by atoms with Crippen molar-refractivity contribution in [1.82, 2.24) is 10.2 Å². The molecule has 0 atom stereocenters. The third-order valence-electron chi connectivity index (χ3n) is 3.28. The zero-order valence-electron chi connectivity index (χ0n) is 14.6. The Bertz CT molecular complexity index is 696. The van der Waals surface area contributed by atoms with Crippen LogP contribution in [0.2, 0.25) is 0 Å². The van der Waals surface area contributed by atoms with E-state index in [9.17, 15) is 4.79 Å². The lowest BCUT2D eigenvalue weighted by Gasteiger charge is -2.13. The van der Waals surface area contributed by atoms with Gasteiger partial charge in [-0.25, -0.2) is 0 Å². The van der Waals surface area contributed by atoms with E-state index in [-0.39, 0.29) is 5.91 Å². The zero-order valence-corrected chi connectivity index (χ0v) is 16.3. The molecule has 2 rings (SSSR count).